The van der Waals surface area contributed by atoms with Gasteiger partial charge in [-0.25, -0.2) is 4.39 Å². The molecule has 0 aliphatic heterocycles. The Balaban J connectivity index is 2.51. The van der Waals surface area contributed by atoms with E-state index in [2.05, 4.69) is 0 Å². The number of Topliss-reactive ketones (excluding diaryl/α,β-unsaturated/α-hetero) is 1. The van der Waals surface area contributed by atoms with E-state index in [1.807, 2.05) is 0 Å². The molecule has 0 radical (unpaired) electrons. The SMILES string of the molecule is CC(=O)c1ccc(OCCSC(F)(F)F)c(F)c1. The van der Waals surface area contributed by atoms with E-state index >= 15 is 0 Å². The second-order valence-electron chi connectivity index (χ2n) is 3.34. The molecule has 1 aromatic carbocycles. The van der Waals surface area contributed by atoms with E-state index in [-0.39, 0.29) is 41.2 Å². The average Bonchev–Trinajstić information content (AvgIpc) is 2.24. The van der Waals surface area contributed by atoms with Gasteiger partial charge in [0.2, 0.25) is 0 Å². The van der Waals surface area contributed by atoms with E-state index in [1.165, 1.54) is 19.1 Å². The number of alkyl halides is 3. The van der Waals surface area contributed by atoms with Gasteiger partial charge in [-0.15, -0.1) is 0 Å². The Morgan fingerprint density at radius 1 is 1.39 bits per heavy atom. The molecule has 1 rings (SSSR count). The summed E-state index contributed by atoms with van der Waals surface area (Å²) in [6.45, 7) is 1.02. The molecule has 0 spiro atoms. The van der Waals surface area contributed by atoms with Gasteiger partial charge < -0.3 is 4.74 Å². The Morgan fingerprint density at radius 2 is 2.06 bits per heavy atom. The first-order valence-electron chi connectivity index (χ1n) is 4.93. The lowest BCUT2D eigenvalue weighted by Crippen LogP contribution is -2.08. The molecular formula is C11H10F4O2S. The lowest BCUT2D eigenvalue weighted by molar-refractivity contribution is -0.0329. The van der Waals surface area contributed by atoms with Crippen molar-refractivity contribution in [1.29, 1.82) is 0 Å². The average molecular weight is 282 g/mol. The summed E-state index contributed by atoms with van der Waals surface area (Å²) in [7, 11) is 0. The van der Waals surface area contributed by atoms with Crippen LogP contribution in [-0.4, -0.2) is 23.7 Å². The predicted octanol–water partition coefficient (Wildman–Crippen LogP) is 3.66. The van der Waals surface area contributed by atoms with Crippen LogP contribution in [0.2, 0.25) is 0 Å². The van der Waals surface area contributed by atoms with Crippen molar-refractivity contribution in [2.24, 2.45) is 0 Å². The number of ketones is 1. The largest absolute Gasteiger partial charge is 0.490 e. The van der Waals surface area contributed by atoms with Crippen molar-refractivity contribution in [2.45, 2.75) is 12.4 Å². The smallest absolute Gasteiger partial charge is 0.441 e. The molecule has 0 amide bonds. The van der Waals surface area contributed by atoms with Gasteiger partial charge >= 0.3 is 5.51 Å². The molecule has 0 saturated carbocycles. The molecule has 1 aromatic rings. The summed E-state index contributed by atoms with van der Waals surface area (Å²) in [4.78, 5) is 10.9. The summed E-state index contributed by atoms with van der Waals surface area (Å²) in [5.41, 5.74) is -4.13. The number of ether oxygens (including phenoxy) is 1. The minimum absolute atomic E-state index is 0.164. The molecule has 0 fully saturated rings. The number of carbonyl (C=O) groups excluding carboxylic acids is 1. The number of halogens is 4. The van der Waals surface area contributed by atoms with Crippen LogP contribution in [0, 0.1) is 5.82 Å². The van der Waals surface area contributed by atoms with Crippen molar-refractivity contribution < 1.29 is 27.1 Å². The number of hydrogen-bond donors (Lipinski definition) is 0. The molecule has 0 heterocycles. The minimum Gasteiger partial charge on any atom is -0.490 e. The van der Waals surface area contributed by atoms with Crippen molar-refractivity contribution in [3.8, 4) is 5.75 Å². The molecule has 0 atom stereocenters. The third-order valence-corrected chi connectivity index (χ3v) is 2.64. The quantitative estimate of drug-likeness (QED) is 0.468. The summed E-state index contributed by atoms with van der Waals surface area (Å²) in [5.74, 6) is -1.55. The van der Waals surface area contributed by atoms with Crippen LogP contribution in [0.15, 0.2) is 18.2 Å². The molecule has 0 aliphatic rings. The second kappa shape index (κ2) is 6.08. The van der Waals surface area contributed by atoms with Crippen molar-refractivity contribution in [3.05, 3.63) is 29.6 Å². The van der Waals surface area contributed by atoms with Gasteiger partial charge in [0.05, 0.1) is 6.61 Å². The lowest BCUT2D eigenvalue weighted by Gasteiger charge is -2.09. The molecule has 0 N–H and O–H groups in total. The van der Waals surface area contributed by atoms with Crippen LogP contribution in [0.25, 0.3) is 0 Å². The van der Waals surface area contributed by atoms with Gasteiger partial charge in [-0.1, -0.05) is 0 Å². The highest BCUT2D eigenvalue weighted by atomic mass is 32.2. The zero-order chi connectivity index (χ0) is 13.8. The monoisotopic (exact) mass is 282 g/mol. The maximum atomic E-state index is 13.4. The van der Waals surface area contributed by atoms with Crippen molar-refractivity contribution in [1.82, 2.24) is 0 Å². The zero-order valence-corrected chi connectivity index (χ0v) is 10.2. The molecule has 7 heteroatoms. The van der Waals surface area contributed by atoms with Crippen LogP contribution < -0.4 is 4.74 Å². The van der Waals surface area contributed by atoms with Gasteiger partial charge in [0, 0.05) is 11.3 Å². The molecule has 0 unspecified atom stereocenters. The van der Waals surface area contributed by atoms with Crippen molar-refractivity contribution in [3.63, 3.8) is 0 Å². The predicted molar refractivity (Wildman–Crippen MR) is 60.4 cm³/mol. The van der Waals surface area contributed by atoms with Gasteiger partial charge in [0.1, 0.15) is 0 Å². The summed E-state index contributed by atoms with van der Waals surface area (Å²) in [5, 5.41) is 0. The standard InChI is InChI=1S/C11H10F4O2S/c1-7(16)8-2-3-10(9(12)6-8)17-4-5-18-11(13,14)15/h2-3,6H,4-5H2,1H3. The molecule has 0 saturated heterocycles. The summed E-state index contributed by atoms with van der Waals surface area (Å²) in [6.07, 6.45) is 0. The maximum Gasteiger partial charge on any atom is 0.441 e. The summed E-state index contributed by atoms with van der Waals surface area (Å²) < 4.78 is 53.6. The first kappa shape index (κ1) is 14.8. The fraction of sp³-hybridized carbons (Fsp3) is 0.364. The van der Waals surface area contributed by atoms with Crippen LogP contribution in [0.1, 0.15) is 17.3 Å². The number of thioether (sulfide) groups is 1. The van der Waals surface area contributed by atoms with E-state index < -0.39 is 11.3 Å². The molecule has 100 valence electrons. The second-order valence-corrected chi connectivity index (χ2v) is 4.50. The topological polar surface area (TPSA) is 26.3 Å². The van der Waals surface area contributed by atoms with E-state index in [0.717, 1.165) is 6.07 Å². The molecule has 18 heavy (non-hydrogen) atoms. The number of rotatable bonds is 5. The van der Waals surface area contributed by atoms with E-state index in [9.17, 15) is 22.4 Å². The normalized spacial score (nSPS) is 11.4. The van der Waals surface area contributed by atoms with Gasteiger partial charge in [-0.2, -0.15) is 13.2 Å². The highest BCUT2D eigenvalue weighted by Gasteiger charge is 2.27. The van der Waals surface area contributed by atoms with E-state index in [0.29, 0.717) is 0 Å². The summed E-state index contributed by atoms with van der Waals surface area (Å²) in [6, 6.07) is 3.58. The number of carbonyl (C=O) groups is 1. The van der Waals surface area contributed by atoms with Gasteiger partial charge in [0.25, 0.3) is 0 Å². The lowest BCUT2D eigenvalue weighted by atomic mass is 10.1. The number of benzene rings is 1. The molecule has 0 aromatic heterocycles. The molecule has 0 aliphatic carbocycles. The first-order valence-corrected chi connectivity index (χ1v) is 5.92. The highest BCUT2D eigenvalue weighted by molar-refractivity contribution is 8.00. The van der Waals surface area contributed by atoms with Crippen LogP contribution in [0.3, 0.4) is 0 Å². The van der Waals surface area contributed by atoms with E-state index in [1.54, 1.807) is 0 Å². The Labute approximate surface area is 105 Å². The van der Waals surface area contributed by atoms with Crippen LogP contribution in [0.4, 0.5) is 17.6 Å². The molecule has 2 nitrogen and oxygen atoms in total. The molecule has 0 bridgehead atoms. The van der Waals surface area contributed by atoms with Gasteiger partial charge in [-0.05, 0) is 36.9 Å². The zero-order valence-electron chi connectivity index (χ0n) is 9.38. The fourth-order valence-corrected chi connectivity index (χ4v) is 1.54. The van der Waals surface area contributed by atoms with Crippen LogP contribution >= 0.6 is 11.8 Å². The molecular weight excluding hydrogens is 272 g/mol. The van der Waals surface area contributed by atoms with Crippen LogP contribution in [-0.2, 0) is 0 Å². The van der Waals surface area contributed by atoms with Gasteiger partial charge in [-0.3, -0.25) is 4.79 Å². The highest BCUT2D eigenvalue weighted by Crippen LogP contribution is 2.30. The Morgan fingerprint density at radius 3 is 2.56 bits per heavy atom. The Bertz CT molecular complexity index is 432. The maximum absolute atomic E-state index is 13.4. The number of hydrogen-bond acceptors (Lipinski definition) is 3. The van der Waals surface area contributed by atoms with E-state index in [4.69, 9.17) is 4.74 Å². The first-order chi connectivity index (χ1) is 8.29. The fourth-order valence-electron chi connectivity index (χ4n) is 1.15. The third-order valence-electron chi connectivity index (χ3n) is 1.95. The third kappa shape index (κ3) is 4.95. The Kier molecular flexibility index (Phi) is 5.01. The van der Waals surface area contributed by atoms with Crippen molar-refractivity contribution >= 4 is 17.5 Å². The summed E-state index contributed by atoms with van der Waals surface area (Å²) >= 11 is -0.235. The van der Waals surface area contributed by atoms with Crippen molar-refractivity contribution in [2.75, 3.05) is 12.4 Å². The van der Waals surface area contributed by atoms with Gasteiger partial charge in [0.15, 0.2) is 17.3 Å². The van der Waals surface area contributed by atoms with Crippen LogP contribution in [0.5, 0.6) is 5.75 Å². The minimum atomic E-state index is -4.32. The Hall–Kier alpha value is -1.24.